The zero-order valence-electron chi connectivity index (χ0n) is 12.2. The Bertz CT molecular complexity index is 547. The molecule has 0 fully saturated rings. The van der Waals surface area contributed by atoms with E-state index in [1.54, 1.807) is 12.4 Å². The number of nitrogens with one attached hydrogen (secondary N) is 1. The van der Waals surface area contributed by atoms with Crippen LogP contribution in [0.4, 0.5) is 5.69 Å². The Balaban J connectivity index is 0.00000220. The smallest absolute Gasteiger partial charge is 0.220 e. The minimum Gasteiger partial charge on any atom is -0.399 e. The molecule has 2 rings (SSSR count). The van der Waals surface area contributed by atoms with Gasteiger partial charge < -0.3 is 11.1 Å². The highest BCUT2D eigenvalue weighted by Crippen LogP contribution is 2.05. The molecule has 2 aromatic rings. The van der Waals surface area contributed by atoms with E-state index in [0.717, 1.165) is 24.1 Å². The zero-order valence-corrected chi connectivity index (χ0v) is 13.8. The molecular weight excluding hydrogens is 321 g/mol. The van der Waals surface area contributed by atoms with E-state index < -0.39 is 0 Å². The summed E-state index contributed by atoms with van der Waals surface area (Å²) in [6, 6.07) is 11.6. The summed E-state index contributed by atoms with van der Waals surface area (Å²) in [5, 5.41) is 2.93. The first-order valence-electron chi connectivity index (χ1n) is 6.74. The number of pyridine rings is 1. The fourth-order valence-corrected chi connectivity index (χ4v) is 1.93. The van der Waals surface area contributed by atoms with E-state index in [0.29, 0.717) is 13.0 Å². The second-order valence-corrected chi connectivity index (χ2v) is 4.70. The first kappa shape index (κ1) is 20.2. The van der Waals surface area contributed by atoms with Crippen molar-refractivity contribution in [1.29, 1.82) is 0 Å². The van der Waals surface area contributed by atoms with Gasteiger partial charge in [-0.05, 0) is 48.2 Å². The second kappa shape index (κ2) is 10.9. The molecule has 0 saturated carbocycles. The SMILES string of the molecule is Cl.Cl.Nc1ccc(CCNC(=O)CCc2ccncc2)cc1. The number of nitrogen functional groups attached to an aromatic ring is 1. The number of amides is 1. The van der Waals surface area contributed by atoms with Crippen molar-refractivity contribution in [3.63, 3.8) is 0 Å². The third kappa shape index (κ3) is 7.29. The molecule has 6 heteroatoms. The van der Waals surface area contributed by atoms with Gasteiger partial charge in [-0.15, -0.1) is 24.8 Å². The van der Waals surface area contributed by atoms with Gasteiger partial charge in [0.15, 0.2) is 0 Å². The van der Waals surface area contributed by atoms with Crippen molar-refractivity contribution in [3.8, 4) is 0 Å². The predicted molar refractivity (Wildman–Crippen MR) is 94.6 cm³/mol. The van der Waals surface area contributed by atoms with Crippen molar-refractivity contribution in [2.75, 3.05) is 12.3 Å². The zero-order chi connectivity index (χ0) is 14.2. The lowest BCUT2D eigenvalue weighted by molar-refractivity contribution is -0.121. The van der Waals surface area contributed by atoms with Crippen LogP contribution in [-0.4, -0.2) is 17.4 Å². The van der Waals surface area contributed by atoms with Crippen molar-refractivity contribution in [2.24, 2.45) is 0 Å². The number of aryl methyl sites for hydroxylation is 1. The minimum atomic E-state index is 0. The third-order valence-corrected chi connectivity index (χ3v) is 3.11. The number of benzene rings is 1. The first-order valence-corrected chi connectivity index (χ1v) is 6.74. The summed E-state index contributed by atoms with van der Waals surface area (Å²) in [6.07, 6.45) is 5.56. The number of hydrogen-bond donors (Lipinski definition) is 2. The van der Waals surface area contributed by atoms with E-state index in [4.69, 9.17) is 5.73 Å². The lowest BCUT2D eigenvalue weighted by Crippen LogP contribution is -2.25. The molecule has 1 aromatic carbocycles. The Morgan fingerprint density at radius 2 is 1.55 bits per heavy atom. The Kier molecular flexibility index (Phi) is 10.00. The molecule has 0 aliphatic heterocycles. The van der Waals surface area contributed by atoms with E-state index in [1.807, 2.05) is 36.4 Å². The minimum absolute atomic E-state index is 0. The molecule has 120 valence electrons. The Morgan fingerprint density at radius 3 is 2.18 bits per heavy atom. The summed E-state index contributed by atoms with van der Waals surface area (Å²) in [5.74, 6) is 0.0808. The summed E-state index contributed by atoms with van der Waals surface area (Å²) in [7, 11) is 0. The second-order valence-electron chi connectivity index (χ2n) is 4.70. The lowest BCUT2D eigenvalue weighted by atomic mass is 10.1. The van der Waals surface area contributed by atoms with Gasteiger partial charge in [0.1, 0.15) is 0 Å². The van der Waals surface area contributed by atoms with E-state index in [9.17, 15) is 4.79 Å². The highest BCUT2D eigenvalue weighted by molar-refractivity contribution is 5.85. The molecule has 1 amide bonds. The standard InChI is InChI=1S/C16H19N3O.2ClH/c17-15-4-1-13(2-5-15)9-12-19-16(20)6-3-14-7-10-18-11-8-14;;/h1-2,4-5,7-8,10-11H,3,6,9,12,17H2,(H,19,20);2*1H. The summed E-state index contributed by atoms with van der Waals surface area (Å²) in [4.78, 5) is 15.7. The predicted octanol–water partition coefficient (Wildman–Crippen LogP) is 2.80. The van der Waals surface area contributed by atoms with Crippen LogP contribution in [0.2, 0.25) is 0 Å². The molecule has 22 heavy (non-hydrogen) atoms. The number of hydrogen-bond acceptors (Lipinski definition) is 3. The van der Waals surface area contributed by atoms with Gasteiger partial charge in [-0.3, -0.25) is 9.78 Å². The van der Waals surface area contributed by atoms with Gasteiger partial charge in [0, 0.05) is 31.0 Å². The number of aromatic nitrogens is 1. The van der Waals surface area contributed by atoms with E-state index in [-0.39, 0.29) is 30.7 Å². The average Bonchev–Trinajstić information content (AvgIpc) is 2.48. The van der Waals surface area contributed by atoms with Crippen LogP contribution in [0.5, 0.6) is 0 Å². The summed E-state index contributed by atoms with van der Waals surface area (Å²) in [6.45, 7) is 0.652. The number of anilines is 1. The van der Waals surface area contributed by atoms with Gasteiger partial charge in [0.2, 0.25) is 5.91 Å². The molecule has 0 aliphatic rings. The first-order chi connectivity index (χ1) is 9.74. The Hall–Kier alpha value is -1.78. The van der Waals surface area contributed by atoms with Gasteiger partial charge in [-0.25, -0.2) is 0 Å². The Morgan fingerprint density at radius 1 is 0.955 bits per heavy atom. The monoisotopic (exact) mass is 341 g/mol. The summed E-state index contributed by atoms with van der Waals surface area (Å²) < 4.78 is 0. The average molecular weight is 342 g/mol. The highest BCUT2D eigenvalue weighted by atomic mass is 35.5. The molecule has 0 aliphatic carbocycles. The van der Waals surface area contributed by atoms with Crippen molar-refractivity contribution in [1.82, 2.24) is 10.3 Å². The maximum Gasteiger partial charge on any atom is 0.220 e. The van der Waals surface area contributed by atoms with Gasteiger partial charge in [0.05, 0.1) is 0 Å². The molecule has 1 aromatic heterocycles. The quantitative estimate of drug-likeness (QED) is 0.793. The summed E-state index contributed by atoms with van der Waals surface area (Å²) >= 11 is 0. The molecule has 0 spiro atoms. The van der Waals surface area contributed by atoms with E-state index >= 15 is 0 Å². The molecule has 4 nitrogen and oxygen atoms in total. The third-order valence-electron chi connectivity index (χ3n) is 3.11. The molecule has 3 N–H and O–H groups in total. The number of carbonyl (C=O) groups is 1. The molecule has 0 saturated heterocycles. The lowest BCUT2D eigenvalue weighted by Gasteiger charge is -2.06. The largest absolute Gasteiger partial charge is 0.399 e. The molecule has 0 atom stereocenters. The van der Waals surface area contributed by atoms with Gasteiger partial charge in [0.25, 0.3) is 0 Å². The van der Waals surface area contributed by atoms with Crippen molar-refractivity contribution in [3.05, 3.63) is 59.9 Å². The van der Waals surface area contributed by atoms with Crippen LogP contribution >= 0.6 is 24.8 Å². The topological polar surface area (TPSA) is 68.0 Å². The summed E-state index contributed by atoms with van der Waals surface area (Å²) in [5.41, 5.74) is 8.69. The van der Waals surface area contributed by atoms with Gasteiger partial charge in [-0.1, -0.05) is 12.1 Å². The molecule has 0 bridgehead atoms. The maximum absolute atomic E-state index is 11.7. The van der Waals surface area contributed by atoms with Gasteiger partial charge in [-0.2, -0.15) is 0 Å². The maximum atomic E-state index is 11.7. The highest BCUT2D eigenvalue weighted by Gasteiger charge is 2.02. The molecule has 0 unspecified atom stereocenters. The number of nitrogens with two attached hydrogens (primary N) is 1. The van der Waals surface area contributed by atoms with Crippen LogP contribution in [0.25, 0.3) is 0 Å². The van der Waals surface area contributed by atoms with Crippen LogP contribution < -0.4 is 11.1 Å². The van der Waals surface area contributed by atoms with E-state index in [2.05, 4.69) is 10.3 Å². The van der Waals surface area contributed by atoms with Crippen molar-refractivity contribution in [2.45, 2.75) is 19.3 Å². The number of carbonyl (C=O) groups excluding carboxylic acids is 1. The van der Waals surface area contributed by atoms with Crippen LogP contribution in [0, 0.1) is 0 Å². The number of rotatable bonds is 6. The molecular formula is C16H21Cl2N3O. The normalized spacial score (nSPS) is 9.27. The fourth-order valence-electron chi connectivity index (χ4n) is 1.93. The van der Waals surface area contributed by atoms with Gasteiger partial charge >= 0.3 is 0 Å². The van der Waals surface area contributed by atoms with Crippen LogP contribution in [0.15, 0.2) is 48.8 Å². The molecule has 0 radical (unpaired) electrons. The number of halogens is 2. The Labute approximate surface area is 143 Å². The van der Waals surface area contributed by atoms with Crippen LogP contribution in [0.3, 0.4) is 0 Å². The van der Waals surface area contributed by atoms with Crippen molar-refractivity contribution < 1.29 is 4.79 Å². The fraction of sp³-hybridized carbons (Fsp3) is 0.250. The number of nitrogens with zero attached hydrogens (tertiary/aromatic N) is 1. The van der Waals surface area contributed by atoms with Crippen LogP contribution in [-0.2, 0) is 17.6 Å². The van der Waals surface area contributed by atoms with Crippen LogP contribution in [0.1, 0.15) is 17.5 Å². The van der Waals surface area contributed by atoms with Crippen molar-refractivity contribution >= 4 is 36.4 Å². The van der Waals surface area contributed by atoms with E-state index in [1.165, 1.54) is 5.56 Å². The molecule has 1 heterocycles.